The summed E-state index contributed by atoms with van der Waals surface area (Å²) in [6, 6.07) is 13.0. The predicted octanol–water partition coefficient (Wildman–Crippen LogP) is 5.39. The molecule has 2 heterocycles. The topological polar surface area (TPSA) is 68.5 Å². The fraction of sp³-hybridized carbons (Fsp3) is 0.429. The molecule has 1 aromatic heterocycles. The van der Waals surface area contributed by atoms with Crippen LogP contribution in [0.4, 0.5) is 10.1 Å². The molecule has 2 fully saturated rings. The number of amides is 1. The standard InChI is InChI=1S/C28H32FN3O2/c1-18(25-17-22(7-8-24(25)28(30)33)32-12-14-34-15-13-32)19-2-4-20(5-3-19)23-10-11-31-27-9-6-21(29)16-26(23)27/h6-11,16-20H,2-5,12-15H2,1H3,(H2,30,33)/t18-,19?,20?/m1/s1. The van der Waals surface area contributed by atoms with Crippen molar-refractivity contribution in [3.8, 4) is 0 Å². The molecule has 6 heteroatoms. The predicted molar refractivity (Wildman–Crippen MR) is 133 cm³/mol. The molecule has 2 aromatic carbocycles. The number of benzene rings is 2. The maximum Gasteiger partial charge on any atom is 0.248 e. The highest BCUT2D eigenvalue weighted by Gasteiger charge is 2.30. The van der Waals surface area contributed by atoms with Crippen LogP contribution in [0.2, 0.25) is 0 Å². The van der Waals surface area contributed by atoms with E-state index in [0.717, 1.165) is 74.1 Å². The number of fused-ring (bicyclic) bond motifs is 1. The normalized spacial score (nSPS) is 22.0. The lowest BCUT2D eigenvalue weighted by atomic mass is 9.71. The van der Waals surface area contributed by atoms with Crippen LogP contribution in [0.5, 0.6) is 0 Å². The Bertz CT molecular complexity index is 1180. The molecule has 1 saturated heterocycles. The number of hydrogen-bond donors (Lipinski definition) is 1. The van der Waals surface area contributed by atoms with Gasteiger partial charge in [-0.05, 0) is 97.0 Å². The van der Waals surface area contributed by atoms with Crippen molar-refractivity contribution in [2.75, 3.05) is 31.2 Å². The molecular weight excluding hydrogens is 429 g/mol. The van der Waals surface area contributed by atoms with Gasteiger partial charge in [-0.25, -0.2) is 4.39 Å². The third kappa shape index (κ3) is 4.51. The van der Waals surface area contributed by atoms with Gasteiger partial charge in [0.2, 0.25) is 5.91 Å². The van der Waals surface area contributed by atoms with Crippen LogP contribution in [0.3, 0.4) is 0 Å². The molecule has 178 valence electrons. The van der Waals surface area contributed by atoms with Crippen molar-refractivity contribution in [1.29, 1.82) is 0 Å². The van der Waals surface area contributed by atoms with Crippen LogP contribution < -0.4 is 10.6 Å². The number of nitrogens with two attached hydrogens (primary N) is 1. The lowest BCUT2D eigenvalue weighted by Gasteiger charge is -2.34. The minimum absolute atomic E-state index is 0.219. The molecule has 1 aliphatic heterocycles. The number of nitrogens with zero attached hydrogens (tertiary/aromatic N) is 2. The fourth-order valence-electron chi connectivity index (χ4n) is 5.85. The van der Waals surface area contributed by atoms with Crippen molar-refractivity contribution in [1.82, 2.24) is 4.98 Å². The first-order chi connectivity index (χ1) is 16.5. The number of morpholine rings is 1. The number of anilines is 1. The van der Waals surface area contributed by atoms with E-state index in [4.69, 9.17) is 10.5 Å². The van der Waals surface area contributed by atoms with Gasteiger partial charge in [0, 0.05) is 35.9 Å². The number of hydrogen-bond acceptors (Lipinski definition) is 4. The van der Waals surface area contributed by atoms with Crippen molar-refractivity contribution >= 4 is 22.5 Å². The summed E-state index contributed by atoms with van der Waals surface area (Å²) in [4.78, 5) is 19.0. The summed E-state index contributed by atoms with van der Waals surface area (Å²) in [6.45, 7) is 5.39. The van der Waals surface area contributed by atoms with Gasteiger partial charge in [0.25, 0.3) is 0 Å². The van der Waals surface area contributed by atoms with Crippen molar-refractivity contribution in [2.45, 2.75) is 44.4 Å². The van der Waals surface area contributed by atoms with E-state index in [0.29, 0.717) is 17.4 Å². The second-order valence-corrected chi connectivity index (χ2v) is 9.70. The summed E-state index contributed by atoms with van der Waals surface area (Å²) >= 11 is 0. The maximum atomic E-state index is 13.9. The molecule has 0 bridgehead atoms. The molecule has 2 N–H and O–H groups in total. The van der Waals surface area contributed by atoms with Crippen LogP contribution in [0.15, 0.2) is 48.7 Å². The highest BCUT2D eigenvalue weighted by Crippen LogP contribution is 2.44. The molecule has 0 spiro atoms. The second kappa shape index (κ2) is 9.71. The number of pyridine rings is 1. The van der Waals surface area contributed by atoms with Gasteiger partial charge in [0.05, 0.1) is 18.7 Å². The van der Waals surface area contributed by atoms with Gasteiger partial charge in [0.1, 0.15) is 5.82 Å². The summed E-state index contributed by atoms with van der Waals surface area (Å²) in [5.41, 5.74) is 10.6. The fourth-order valence-corrected chi connectivity index (χ4v) is 5.85. The van der Waals surface area contributed by atoms with E-state index in [9.17, 15) is 9.18 Å². The minimum atomic E-state index is -0.366. The second-order valence-electron chi connectivity index (χ2n) is 9.70. The van der Waals surface area contributed by atoms with Gasteiger partial charge in [-0.2, -0.15) is 0 Å². The molecule has 0 unspecified atom stereocenters. The summed E-state index contributed by atoms with van der Waals surface area (Å²) in [5.74, 6) is 0.513. The van der Waals surface area contributed by atoms with Crippen LogP contribution in [-0.2, 0) is 4.74 Å². The molecule has 2 aliphatic rings. The Morgan fingerprint density at radius 3 is 2.59 bits per heavy atom. The van der Waals surface area contributed by atoms with E-state index in [-0.39, 0.29) is 17.6 Å². The van der Waals surface area contributed by atoms with E-state index < -0.39 is 0 Å². The molecule has 1 saturated carbocycles. The van der Waals surface area contributed by atoms with Crippen LogP contribution >= 0.6 is 0 Å². The summed E-state index contributed by atoms with van der Waals surface area (Å²) in [5, 5.41) is 0.924. The van der Waals surface area contributed by atoms with Gasteiger partial charge in [-0.15, -0.1) is 0 Å². The van der Waals surface area contributed by atoms with E-state index in [1.165, 1.54) is 11.6 Å². The first-order valence-electron chi connectivity index (χ1n) is 12.3. The molecule has 0 radical (unpaired) electrons. The smallest absolute Gasteiger partial charge is 0.248 e. The Morgan fingerprint density at radius 2 is 1.85 bits per heavy atom. The van der Waals surface area contributed by atoms with E-state index in [1.807, 2.05) is 24.4 Å². The molecular formula is C28H32FN3O2. The first-order valence-corrected chi connectivity index (χ1v) is 12.3. The average molecular weight is 462 g/mol. The molecule has 3 aromatic rings. The van der Waals surface area contributed by atoms with Crippen LogP contribution in [0.25, 0.3) is 10.9 Å². The van der Waals surface area contributed by atoms with Crippen LogP contribution in [0, 0.1) is 11.7 Å². The van der Waals surface area contributed by atoms with Gasteiger partial charge in [-0.1, -0.05) is 6.92 Å². The summed E-state index contributed by atoms with van der Waals surface area (Å²) in [7, 11) is 0. The van der Waals surface area contributed by atoms with E-state index >= 15 is 0 Å². The Labute approximate surface area is 200 Å². The van der Waals surface area contributed by atoms with Gasteiger partial charge in [0.15, 0.2) is 0 Å². The monoisotopic (exact) mass is 461 g/mol. The number of carbonyl (C=O) groups excluding carboxylic acids is 1. The van der Waals surface area contributed by atoms with E-state index in [1.54, 1.807) is 12.1 Å². The van der Waals surface area contributed by atoms with Gasteiger partial charge < -0.3 is 15.4 Å². The Kier molecular flexibility index (Phi) is 6.50. The molecule has 1 amide bonds. The van der Waals surface area contributed by atoms with Crippen molar-refractivity contribution in [2.24, 2.45) is 11.7 Å². The molecule has 5 nitrogen and oxygen atoms in total. The zero-order chi connectivity index (χ0) is 23.7. The number of carbonyl (C=O) groups is 1. The van der Waals surface area contributed by atoms with Gasteiger partial charge >= 0.3 is 0 Å². The SMILES string of the molecule is C[C@@H](c1cc(N2CCOCC2)ccc1C(N)=O)C1CCC(c2ccnc3ccc(F)cc23)CC1. The first kappa shape index (κ1) is 22.8. The van der Waals surface area contributed by atoms with E-state index in [2.05, 4.69) is 22.9 Å². The number of aromatic nitrogens is 1. The molecule has 1 atom stereocenters. The molecule has 34 heavy (non-hydrogen) atoms. The average Bonchev–Trinajstić information content (AvgIpc) is 2.88. The summed E-state index contributed by atoms with van der Waals surface area (Å²) in [6.07, 6.45) is 6.04. The Balaban J connectivity index is 1.35. The summed E-state index contributed by atoms with van der Waals surface area (Å²) < 4.78 is 19.4. The number of rotatable bonds is 5. The highest BCUT2D eigenvalue weighted by atomic mass is 19.1. The van der Waals surface area contributed by atoms with Crippen molar-refractivity contribution in [3.05, 3.63) is 71.2 Å². The lowest BCUT2D eigenvalue weighted by Crippen LogP contribution is -2.36. The van der Waals surface area contributed by atoms with Crippen LogP contribution in [-0.4, -0.2) is 37.2 Å². The molecule has 1 aliphatic carbocycles. The zero-order valence-corrected chi connectivity index (χ0v) is 19.7. The number of primary amides is 1. The van der Waals surface area contributed by atoms with Crippen molar-refractivity contribution in [3.63, 3.8) is 0 Å². The lowest BCUT2D eigenvalue weighted by molar-refractivity contribution is 0.0998. The number of ether oxygens (including phenoxy) is 1. The van der Waals surface area contributed by atoms with Crippen molar-refractivity contribution < 1.29 is 13.9 Å². The third-order valence-corrected chi connectivity index (χ3v) is 7.82. The Hall–Kier alpha value is -2.99. The maximum absolute atomic E-state index is 13.9. The molecule has 5 rings (SSSR count). The quantitative estimate of drug-likeness (QED) is 0.553. The Morgan fingerprint density at radius 1 is 1.09 bits per heavy atom. The van der Waals surface area contributed by atoms with Gasteiger partial charge in [-0.3, -0.25) is 9.78 Å². The largest absolute Gasteiger partial charge is 0.378 e. The number of halogens is 1. The zero-order valence-electron chi connectivity index (χ0n) is 19.7. The van der Waals surface area contributed by atoms with Crippen LogP contribution in [0.1, 0.15) is 65.9 Å². The third-order valence-electron chi connectivity index (χ3n) is 7.82. The highest BCUT2D eigenvalue weighted by molar-refractivity contribution is 5.95. The minimum Gasteiger partial charge on any atom is -0.378 e.